The van der Waals surface area contributed by atoms with Gasteiger partial charge in [0.05, 0.1) is 6.04 Å². The Morgan fingerprint density at radius 1 is 1.07 bits per heavy atom. The molecule has 0 aliphatic rings. The molecule has 0 saturated heterocycles. The molecule has 154 valence electrons. The maximum atomic E-state index is 12.4. The molecule has 0 bridgehead atoms. The summed E-state index contributed by atoms with van der Waals surface area (Å²) in [5.74, 6) is -1.46. The van der Waals surface area contributed by atoms with Crippen LogP contribution in [-0.4, -0.2) is 35.8 Å². The van der Waals surface area contributed by atoms with E-state index in [0.29, 0.717) is 12.8 Å². The summed E-state index contributed by atoms with van der Waals surface area (Å²) in [6.07, 6.45) is 10.3. The highest BCUT2D eigenvalue weighted by Gasteiger charge is 2.24. The molecule has 0 aromatic rings. The van der Waals surface area contributed by atoms with Crippen LogP contribution < -0.4 is 22.1 Å². The van der Waals surface area contributed by atoms with E-state index in [-0.39, 0.29) is 5.91 Å². The summed E-state index contributed by atoms with van der Waals surface area (Å²) in [4.78, 5) is 36.2. The largest absolute Gasteiger partial charge is 0.368 e. The van der Waals surface area contributed by atoms with Crippen molar-refractivity contribution < 1.29 is 14.4 Å². The van der Waals surface area contributed by atoms with Crippen LogP contribution >= 0.6 is 0 Å². The molecule has 27 heavy (non-hydrogen) atoms. The van der Waals surface area contributed by atoms with E-state index < -0.39 is 29.9 Å². The van der Waals surface area contributed by atoms with Gasteiger partial charge in [-0.25, -0.2) is 0 Å². The van der Waals surface area contributed by atoms with Crippen molar-refractivity contribution in [2.75, 3.05) is 0 Å². The summed E-state index contributed by atoms with van der Waals surface area (Å²) in [5.41, 5.74) is 12.2. The highest BCUT2D eigenvalue weighted by atomic mass is 16.2. The molecule has 2 unspecified atom stereocenters. The number of rotatable bonds is 13. The molecule has 0 aliphatic carbocycles. The quantitative estimate of drug-likeness (QED) is 0.286. The Morgan fingerprint density at radius 2 is 1.74 bits per heavy atom. The van der Waals surface area contributed by atoms with Crippen LogP contribution in [0, 0.1) is 0 Å². The van der Waals surface area contributed by atoms with Gasteiger partial charge in [-0.3, -0.25) is 14.4 Å². The number of amides is 3. The molecule has 6 N–H and O–H groups in total. The van der Waals surface area contributed by atoms with E-state index >= 15 is 0 Å². The fourth-order valence-electron chi connectivity index (χ4n) is 2.58. The van der Waals surface area contributed by atoms with Crippen molar-refractivity contribution in [1.82, 2.24) is 10.6 Å². The van der Waals surface area contributed by atoms with Crippen molar-refractivity contribution in [2.45, 2.75) is 84.3 Å². The Labute approximate surface area is 163 Å². The van der Waals surface area contributed by atoms with E-state index in [9.17, 15) is 14.4 Å². The van der Waals surface area contributed by atoms with Crippen LogP contribution in [0.5, 0.6) is 0 Å². The van der Waals surface area contributed by atoms with Gasteiger partial charge in [0, 0.05) is 6.42 Å². The fraction of sp³-hybridized carbons (Fsp3) is 0.650. The lowest BCUT2D eigenvalue weighted by molar-refractivity contribution is -0.131. The van der Waals surface area contributed by atoms with Crippen LogP contribution in [0.25, 0.3) is 0 Å². The van der Waals surface area contributed by atoms with E-state index in [4.69, 9.17) is 11.5 Å². The smallest absolute Gasteiger partial charge is 0.242 e. The number of primary amides is 1. The fourth-order valence-corrected chi connectivity index (χ4v) is 2.58. The lowest BCUT2D eigenvalue weighted by Crippen LogP contribution is -2.54. The minimum Gasteiger partial charge on any atom is -0.368 e. The Balaban J connectivity index is 4.77. The zero-order valence-electron chi connectivity index (χ0n) is 17.1. The minimum absolute atomic E-state index is 0.302. The molecule has 0 heterocycles. The molecule has 0 radical (unpaired) electrons. The second-order valence-electron chi connectivity index (χ2n) is 6.69. The molecule has 0 rings (SSSR count). The number of unbranched alkanes of at least 4 members (excludes halogenated alkanes) is 2. The number of carbonyl (C=O) groups is 3. The zero-order valence-corrected chi connectivity index (χ0v) is 17.1. The van der Waals surface area contributed by atoms with E-state index in [1.807, 2.05) is 32.1 Å². The molecule has 7 heteroatoms. The van der Waals surface area contributed by atoms with Crippen LogP contribution in [0.4, 0.5) is 0 Å². The number of hydrogen-bond donors (Lipinski definition) is 4. The van der Waals surface area contributed by atoms with E-state index in [1.165, 1.54) is 0 Å². The SMILES string of the molecule is C/C=C\C(=C/CC)CC(NC(=O)C(C)NC(=O)[C@@H](N)CCCCC)C(N)=O. The minimum atomic E-state index is -0.843. The molecule has 3 atom stereocenters. The summed E-state index contributed by atoms with van der Waals surface area (Å²) < 4.78 is 0. The van der Waals surface area contributed by atoms with Crippen molar-refractivity contribution in [2.24, 2.45) is 11.5 Å². The number of carbonyl (C=O) groups excluding carboxylic acids is 3. The predicted molar refractivity (Wildman–Crippen MR) is 109 cm³/mol. The van der Waals surface area contributed by atoms with Gasteiger partial charge in [0.1, 0.15) is 12.1 Å². The summed E-state index contributed by atoms with van der Waals surface area (Å²) >= 11 is 0. The normalized spacial score (nSPS) is 15.2. The maximum absolute atomic E-state index is 12.4. The average Bonchev–Trinajstić information content (AvgIpc) is 2.61. The van der Waals surface area contributed by atoms with Crippen molar-refractivity contribution in [3.8, 4) is 0 Å². The molecule has 0 aromatic heterocycles. The van der Waals surface area contributed by atoms with Gasteiger partial charge in [-0.1, -0.05) is 51.3 Å². The lowest BCUT2D eigenvalue weighted by atomic mass is 10.0. The number of allylic oxidation sites excluding steroid dienone is 3. The first-order chi connectivity index (χ1) is 12.8. The van der Waals surface area contributed by atoms with Gasteiger partial charge in [0.25, 0.3) is 0 Å². The van der Waals surface area contributed by atoms with Crippen molar-refractivity contribution in [1.29, 1.82) is 0 Å². The molecule has 0 aliphatic heterocycles. The second-order valence-corrected chi connectivity index (χ2v) is 6.69. The van der Waals surface area contributed by atoms with Gasteiger partial charge in [-0.2, -0.15) is 0 Å². The van der Waals surface area contributed by atoms with Crippen LogP contribution in [0.15, 0.2) is 23.8 Å². The van der Waals surface area contributed by atoms with E-state index in [1.54, 1.807) is 6.92 Å². The van der Waals surface area contributed by atoms with Gasteiger partial charge in [-0.05, 0) is 32.3 Å². The highest BCUT2D eigenvalue weighted by Crippen LogP contribution is 2.09. The third kappa shape index (κ3) is 10.6. The first-order valence-corrected chi connectivity index (χ1v) is 9.74. The first kappa shape index (κ1) is 24.8. The Morgan fingerprint density at radius 3 is 2.26 bits per heavy atom. The highest BCUT2D eigenvalue weighted by molar-refractivity contribution is 5.92. The molecule has 7 nitrogen and oxygen atoms in total. The average molecular weight is 381 g/mol. The number of nitrogens with one attached hydrogen (secondary N) is 2. The van der Waals surface area contributed by atoms with E-state index in [0.717, 1.165) is 31.3 Å². The molecule has 0 aromatic carbocycles. The maximum Gasteiger partial charge on any atom is 0.242 e. The summed E-state index contributed by atoms with van der Waals surface area (Å²) in [6.45, 7) is 7.49. The Kier molecular flexibility index (Phi) is 12.9. The second kappa shape index (κ2) is 14.0. The number of hydrogen-bond acceptors (Lipinski definition) is 4. The standard InChI is InChI=1S/C20H36N4O3/c1-5-8-9-12-16(21)20(27)23-14(4)19(26)24-17(18(22)25)13-15(10-6-2)11-7-3/h6,10-11,14,16-17H,5,7-9,12-13,21H2,1-4H3,(H2,22,25)(H,23,27)(H,24,26)/b10-6-,15-11+/t14?,16-,17?/m0/s1. The molecule has 0 fully saturated rings. The van der Waals surface area contributed by atoms with Crippen LogP contribution in [0.2, 0.25) is 0 Å². The molecule has 3 amide bonds. The molecular weight excluding hydrogens is 344 g/mol. The molecule has 0 saturated carbocycles. The first-order valence-electron chi connectivity index (χ1n) is 9.74. The summed E-state index contributed by atoms with van der Waals surface area (Å²) in [5, 5.41) is 5.21. The number of nitrogens with two attached hydrogens (primary N) is 2. The van der Waals surface area contributed by atoms with Gasteiger partial charge < -0.3 is 22.1 Å². The van der Waals surface area contributed by atoms with Crippen LogP contribution in [0.3, 0.4) is 0 Å². The van der Waals surface area contributed by atoms with Gasteiger partial charge in [-0.15, -0.1) is 0 Å². The van der Waals surface area contributed by atoms with Crippen LogP contribution in [-0.2, 0) is 14.4 Å². The zero-order chi connectivity index (χ0) is 20.8. The molecule has 0 spiro atoms. The lowest BCUT2D eigenvalue weighted by Gasteiger charge is -2.21. The molecular formula is C20H36N4O3. The Bertz CT molecular complexity index is 543. The van der Waals surface area contributed by atoms with Crippen molar-refractivity contribution in [3.63, 3.8) is 0 Å². The summed E-state index contributed by atoms with van der Waals surface area (Å²) in [7, 11) is 0. The van der Waals surface area contributed by atoms with Crippen LogP contribution in [0.1, 0.15) is 66.2 Å². The topological polar surface area (TPSA) is 127 Å². The monoisotopic (exact) mass is 380 g/mol. The van der Waals surface area contributed by atoms with Crippen molar-refractivity contribution >= 4 is 17.7 Å². The van der Waals surface area contributed by atoms with Crippen molar-refractivity contribution in [3.05, 3.63) is 23.8 Å². The summed E-state index contributed by atoms with van der Waals surface area (Å²) in [6, 6.07) is -2.30. The predicted octanol–water partition coefficient (Wildman–Crippen LogP) is 1.67. The Hall–Kier alpha value is -2.15. The van der Waals surface area contributed by atoms with Gasteiger partial charge in [0.15, 0.2) is 0 Å². The van der Waals surface area contributed by atoms with Gasteiger partial charge >= 0.3 is 0 Å². The third-order valence-electron chi connectivity index (χ3n) is 4.15. The third-order valence-corrected chi connectivity index (χ3v) is 4.15. The van der Waals surface area contributed by atoms with E-state index in [2.05, 4.69) is 17.6 Å². The van der Waals surface area contributed by atoms with Gasteiger partial charge in [0.2, 0.25) is 17.7 Å².